The van der Waals surface area contributed by atoms with E-state index in [1.54, 1.807) is 0 Å². The molecule has 0 radical (unpaired) electrons. The lowest BCUT2D eigenvalue weighted by Gasteiger charge is -2.26. The summed E-state index contributed by atoms with van der Waals surface area (Å²) in [5, 5.41) is 14.0. The molecule has 0 aromatic carbocycles. The number of phosphoric acid groups is 1. The lowest BCUT2D eigenvalue weighted by atomic mass is 10.0. The molecule has 0 aliphatic heterocycles. The second kappa shape index (κ2) is 42.8. The summed E-state index contributed by atoms with van der Waals surface area (Å²) in [6.45, 7) is 4.93. The zero-order valence-electron chi connectivity index (χ0n) is 40.3. The van der Waals surface area contributed by atoms with Crippen LogP contribution in [0, 0.1) is 0 Å². The first-order chi connectivity index (χ1) is 28.5. The van der Waals surface area contributed by atoms with Gasteiger partial charge in [0.25, 0.3) is 0 Å². The Kier molecular flexibility index (Phi) is 42.4. The monoisotopic (exact) mass is 860 g/mol. The van der Waals surface area contributed by atoms with Crippen molar-refractivity contribution in [1.82, 2.24) is 5.32 Å². The van der Waals surface area contributed by atoms with E-state index in [1.165, 1.54) is 199 Å². The number of carbonyl (C=O) groups excluding carboxylic acids is 1. The third kappa shape index (κ3) is 45.3. The van der Waals surface area contributed by atoms with Crippen molar-refractivity contribution in [3.05, 3.63) is 0 Å². The first-order valence-corrected chi connectivity index (χ1v) is 27.4. The molecule has 0 aromatic rings. The highest BCUT2D eigenvalue weighted by molar-refractivity contribution is 7.47. The molecule has 354 valence electrons. The molecule has 0 aliphatic carbocycles. The van der Waals surface area contributed by atoms with E-state index >= 15 is 0 Å². The van der Waals surface area contributed by atoms with E-state index in [2.05, 4.69) is 19.2 Å². The highest BCUT2D eigenvalue weighted by atomic mass is 31.2. The Morgan fingerprint density at radius 2 is 0.814 bits per heavy atom. The van der Waals surface area contributed by atoms with Gasteiger partial charge < -0.3 is 19.8 Å². The molecule has 3 unspecified atom stereocenters. The molecule has 0 spiro atoms. The first kappa shape index (κ1) is 58.5. The first-order valence-electron chi connectivity index (χ1n) is 25.9. The van der Waals surface area contributed by atoms with Gasteiger partial charge in [0.1, 0.15) is 13.2 Å². The number of hydrogen-bond donors (Lipinski definition) is 3. The molecule has 59 heavy (non-hydrogen) atoms. The van der Waals surface area contributed by atoms with Crippen LogP contribution in [-0.4, -0.2) is 73.4 Å². The number of carbonyl (C=O) groups is 1. The highest BCUT2D eigenvalue weighted by Crippen LogP contribution is 2.43. The van der Waals surface area contributed by atoms with Crippen molar-refractivity contribution in [2.45, 2.75) is 276 Å². The summed E-state index contributed by atoms with van der Waals surface area (Å²) < 4.78 is 23.7. The van der Waals surface area contributed by atoms with Crippen molar-refractivity contribution in [1.29, 1.82) is 0 Å². The molecule has 0 saturated heterocycles. The Morgan fingerprint density at radius 3 is 1.14 bits per heavy atom. The third-order valence-corrected chi connectivity index (χ3v) is 13.1. The summed E-state index contributed by atoms with van der Waals surface area (Å²) in [6.07, 6.45) is 48.5. The second-order valence-corrected chi connectivity index (χ2v) is 20.7. The van der Waals surface area contributed by atoms with Gasteiger partial charge in [-0.1, -0.05) is 245 Å². The predicted molar refractivity (Wildman–Crippen MR) is 254 cm³/mol. The molecule has 0 fully saturated rings. The Balaban J connectivity index is 4.19. The molecule has 1 amide bonds. The van der Waals surface area contributed by atoms with Gasteiger partial charge in [-0.3, -0.25) is 13.8 Å². The van der Waals surface area contributed by atoms with Crippen molar-refractivity contribution in [2.75, 3.05) is 40.9 Å². The molecule has 3 N–H and O–H groups in total. The molecular formula is C50H104N2O6P+. The summed E-state index contributed by atoms with van der Waals surface area (Å²) in [5.41, 5.74) is 0. The lowest BCUT2D eigenvalue weighted by molar-refractivity contribution is -0.870. The summed E-state index contributed by atoms with van der Waals surface area (Å²) in [5.74, 6) is -0.139. The largest absolute Gasteiger partial charge is 0.472 e. The number of aliphatic hydroxyl groups is 1. The van der Waals surface area contributed by atoms with Crippen LogP contribution in [0.15, 0.2) is 0 Å². The van der Waals surface area contributed by atoms with E-state index in [0.29, 0.717) is 23.9 Å². The van der Waals surface area contributed by atoms with Gasteiger partial charge in [-0.2, -0.15) is 0 Å². The minimum Gasteiger partial charge on any atom is -0.391 e. The van der Waals surface area contributed by atoms with Crippen LogP contribution in [0.3, 0.4) is 0 Å². The minimum atomic E-state index is -4.31. The van der Waals surface area contributed by atoms with Gasteiger partial charge in [0.05, 0.1) is 39.9 Å². The van der Waals surface area contributed by atoms with Crippen LogP contribution in [0.1, 0.15) is 264 Å². The number of likely N-dealkylation sites (N-methyl/N-ethyl adjacent to an activating group) is 1. The molecule has 8 nitrogen and oxygen atoms in total. The third-order valence-electron chi connectivity index (χ3n) is 12.1. The fraction of sp³-hybridized carbons (Fsp3) is 0.980. The summed E-state index contributed by atoms with van der Waals surface area (Å²) >= 11 is 0. The number of phosphoric ester groups is 1. The normalized spacial score (nSPS) is 14.1. The Bertz CT molecular complexity index is 932. The number of aliphatic hydroxyl groups excluding tert-OH is 1. The number of hydrogen-bond acceptors (Lipinski definition) is 5. The van der Waals surface area contributed by atoms with Crippen LogP contribution >= 0.6 is 7.82 Å². The number of nitrogens with one attached hydrogen (secondary N) is 1. The maximum Gasteiger partial charge on any atom is 0.472 e. The minimum absolute atomic E-state index is 0.0789. The fourth-order valence-corrected chi connectivity index (χ4v) is 8.73. The van der Waals surface area contributed by atoms with Crippen LogP contribution < -0.4 is 5.32 Å². The van der Waals surface area contributed by atoms with Gasteiger partial charge in [-0.25, -0.2) is 4.57 Å². The average molecular weight is 860 g/mol. The van der Waals surface area contributed by atoms with Crippen LogP contribution in [0.25, 0.3) is 0 Å². The van der Waals surface area contributed by atoms with Gasteiger partial charge in [0.15, 0.2) is 0 Å². The van der Waals surface area contributed by atoms with E-state index in [1.807, 2.05) is 21.1 Å². The smallest absolute Gasteiger partial charge is 0.391 e. The van der Waals surface area contributed by atoms with Crippen LogP contribution in [0.4, 0.5) is 0 Å². The maximum atomic E-state index is 12.9. The van der Waals surface area contributed by atoms with Crippen LogP contribution in [0.5, 0.6) is 0 Å². The van der Waals surface area contributed by atoms with Gasteiger partial charge >= 0.3 is 7.82 Å². The summed E-state index contributed by atoms with van der Waals surface area (Å²) in [6, 6.07) is -0.754. The van der Waals surface area contributed by atoms with Crippen molar-refractivity contribution in [3.8, 4) is 0 Å². The number of unbranched alkanes of at least 4 members (excludes halogenated alkanes) is 35. The standard InChI is InChI=1S/C50H103N2O6P/c1-6-8-10-12-14-16-18-20-22-23-24-25-26-27-28-30-31-33-35-37-39-41-43-49(53)48(47-58-59(55,56)57-46-45-52(3,4)5)51-50(54)44-42-40-38-36-34-32-29-21-19-17-15-13-11-9-7-2/h48-49,53H,6-47H2,1-5H3,(H-,51,54,55,56)/p+1. The molecule has 0 aliphatic rings. The second-order valence-electron chi connectivity index (χ2n) is 19.3. The number of rotatable bonds is 48. The zero-order chi connectivity index (χ0) is 43.6. The van der Waals surface area contributed by atoms with Gasteiger partial charge in [-0.05, 0) is 12.8 Å². The Labute approximate surface area is 368 Å². The molecule has 0 saturated carbocycles. The molecular weight excluding hydrogens is 756 g/mol. The van der Waals surface area contributed by atoms with E-state index in [-0.39, 0.29) is 19.1 Å². The van der Waals surface area contributed by atoms with E-state index in [4.69, 9.17) is 9.05 Å². The lowest BCUT2D eigenvalue weighted by Crippen LogP contribution is -2.46. The Morgan fingerprint density at radius 1 is 0.508 bits per heavy atom. The molecule has 0 aromatic heterocycles. The van der Waals surface area contributed by atoms with Crippen molar-refractivity contribution >= 4 is 13.7 Å². The maximum absolute atomic E-state index is 12.9. The molecule has 0 rings (SSSR count). The summed E-state index contributed by atoms with van der Waals surface area (Å²) in [7, 11) is 1.63. The molecule has 0 bridgehead atoms. The van der Waals surface area contributed by atoms with E-state index in [9.17, 15) is 19.4 Å². The highest BCUT2D eigenvalue weighted by Gasteiger charge is 2.28. The topological polar surface area (TPSA) is 105 Å². The van der Waals surface area contributed by atoms with E-state index in [0.717, 1.165) is 38.5 Å². The number of amides is 1. The Hall–Kier alpha value is -0.500. The van der Waals surface area contributed by atoms with Crippen LogP contribution in [-0.2, 0) is 18.4 Å². The van der Waals surface area contributed by atoms with Crippen LogP contribution in [0.2, 0.25) is 0 Å². The average Bonchev–Trinajstić information content (AvgIpc) is 3.19. The van der Waals surface area contributed by atoms with Gasteiger partial charge in [0.2, 0.25) is 5.91 Å². The van der Waals surface area contributed by atoms with Gasteiger partial charge in [-0.15, -0.1) is 0 Å². The summed E-state index contributed by atoms with van der Waals surface area (Å²) in [4.78, 5) is 23.2. The van der Waals surface area contributed by atoms with Gasteiger partial charge in [0, 0.05) is 6.42 Å². The van der Waals surface area contributed by atoms with Crippen molar-refractivity contribution in [2.24, 2.45) is 0 Å². The predicted octanol–water partition coefficient (Wildman–Crippen LogP) is 14.9. The molecule has 3 atom stereocenters. The van der Waals surface area contributed by atoms with E-state index < -0.39 is 20.0 Å². The number of nitrogens with zero attached hydrogens (tertiary/aromatic N) is 1. The molecule has 9 heteroatoms. The quantitative estimate of drug-likeness (QED) is 0.0320. The number of quaternary nitrogens is 1. The van der Waals surface area contributed by atoms with Crippen molar-refractivity contribution in [3.63, 3.8) is 0 Å². The zero-order valence-corrected chi connectivity index (χ0v) is 41.2. The molecule has 0 heterocycles. The SMILES string of the molecule is CCCCCCCCCCCCCCCCCCCCCCCCC(O)C(COP(=O)(O)OCC[N+](C)(C)C)NC(=O)CCCCCCCCCCCCCCCCC. The fourth-order valence-electron chi connectivity index (χ4n) is 7.99. The van der Waals surface area contributed by atoms with Crippen molar-refractivity contribution < 1.29 is 32.9 Å².